The first kappa shape index (κ1) is 92.2. The molecular weight excluding hydrogens is 1700 g/mol. The van der Waals surface area contributed by atoms with Crippen LogP contribution >= 0.6 is 141 Å². The van der Waals surface area contributed by atoms with Gasteiger partial charge < -0.3 is 128 Å². The summed E-state index contributed by atoms with van der Waals surface area (Å²) in [6.07, 6.45) is -3.26. The molecule has 90 heavy (non-hydrogen) atoms. The first-order valence-electron chi connectivity index (χ1n) is 18.9. The minimum absolute atomic E-state index is 1.51. The highest BCUT2D eigenvalue weighted by atomic mass is 31.3. The standard InChI is InChI=1S/C7H38N2O61P18Si2/c10-7(8-3-1-5-89(65-83(41,42)59-77(29,30)53-71(11,12)13,66-84(43,44)60-78(31,32)54-72(14,15)16)67-85(45,46)61-79(33,34)55-73(17,18)19)9-4-2-6-90(68-86(47,48)62-80(35,36)56-74(20,21)22,69-87(49,50)63-81(37,38)57-75(23,24)25)70-88(51,52)64-82(39,40)58-76(26,27)28/h1-6H2,(H,29,30)(H,31,32)(H,33,34)(H,35,36)(H,37,38)(H,39,40)(H,41,42)(H,43,44)(H,45,46)(H,47,48)(H,49,50)(H,51,52)(H2,8,9,10)(H2,11,12,13)(H2,14,15,16)(H2,17,18,19)(H2,20,21,22)(H2,23,24,25)(H2,26,27,28). The van der Waals surface area contributed by atoms with Crippen LogP contribution in [-0.2, 0) is 159 Å². The lowest BCUT2D eigenvalue weighted by atomic mass is 10.4. The van der Waals surface area contributed by atoms with Gasteiger partial charge in [0.05, 0.1) is 0 Å². The van der Waals surface area contributed by atoms with Crippen molar-refractivity contribution in [3.8, 4) is 0 Å². The fourth-order valence-corrected chi connectivity index (χ4v) is 36.4. The molecule has 0 saturated heterocycles. The number of carbonyl (C=O) groups is 1. The van der Waals surface area contributed by atoms with Crippen molar-refractivity contribution < 1.29 is 281 Å². The summed E-state index contributed by atoms with van der Waals surface area (Å²) in [5, 5.41) is 3.04. The molecule has 0 fully saturated rings. The molecule has 0 aliphatic carbocycles. The van der Waals surface area contributed by atoms with Crippen LogP contribution in [0.15, 0.2) is 0 Å². The zero-order valence-corrected chi connectivity index (χ0v) is 58.7. The van der Waals surface area contributed by atoms with E-state index in [1.54, 1.807) is 0 Å². The Hall–Kier alpha value is 2.16. The van der Waals surface area contributed by atoms with Gasteiger partial charge in [0, 0.05) is 25.2 Å². The van der Waals surface area contributed by atoms with Crippen LogP contribution in [0.1, 0.15) is 12.8 Å². The number of nitrogens with one attached hydrogen (secondary N) is 2. The van der Waals surface area contributed by atoms with Gasteiger partial charge in [-0.15, -0.1) is 0 Å². The van der Waals surface area contributed by atoms with Crippen molar-refractivity contribution in [2.24, 2.45) is 0 Å². The first-order valence-corrected chi connectivity index (χ1v) is 49.9. The molecule has 0 bridgehead atoms. The average molecular weight is 1740 g/mol. The molecule has 0 rings (SSSR count). The van der Waals surface area contributed by atoms with E-state index in [0.29, 0.717) is 0 Å². The number of urea groups is 1. The quantitative estimate of drug-likeness (QED) is 0.0198. The van der Waals surface area contributed by atoms with Gasteiger partial charge in [0.2, 0.25) is 0 Å². The summed E-state index contributed by atoms with van der Waals surface area (Å²) in [5.41, 5.74) is 0. The predicted octanol–water partition coefficient (Wildman–Crippen LogP) is -0.997. The number of amides is 2. The van der Waals surface area contributed by atoms with Crippen molar-refractivity contribution in [3.63, 3.8) is 0 Å². The molecule has 0 aromatic rings. The summed E-state index contributed by atoms with van der Waals surface area (Å²) in [6, 6.07) is -6.41. The van der Waals surface area contributed by atoms with Crippen LogP contribution in [0, 0.1) is 0 Å². The summed E-state index contributed by atoms with van der Waals surface area (Å²) in [5.74, 6) is 0. The van der Waals surface area contributed by atoms with Gasteiger partial charge in [-0.25, -0.2) is 87.0 Å². The van der Waals surface area contributed by atoms with Gasteiger partial charge in [0.25, 0.3) is 0 Å². The molecule has 12 unspecified atom stereocenters. The van der Waals surface area contributed by atoms with Crippen LogP contribution in [0.25, 0.3) is 0 Å². The van der Waals surface area contributed by atoms with Gasteiger partial charge in [0.15, 0.2) is 0 Å². The largest absolute Gasteiger partial charge is 0.526 e. The topological polar surface area (TPSA) is 1000 Å². The van der Waals surface area contributed by atoms with Crippen LogP contribution in [0.4, 0.5) is 4.79 Å². The van der Waals surface area contributed by atoms with Crippen LogP contribution in [0.5, 0.6) is 0 Å². The average Bonchev–Trinajstić information content (AvgIpc) is 3.07. The third-order valence-electron chi connectivity index (χ3n) is 5.91. The highest BCUT2D eigenvalue weighted by Gasteiger charge is 2.63. The van der Waals surface area contributed by atoms with E-state index >= 15 is 0 Å². The van der Waals surface area contributed by atoms with E-state index in [9.17, 15) is 146 Å². The second-order valence-corrected chi connectivity index (χ2v) is 46.9. The maximum Gasteiger partial charge on any atom is 0.526 e. The van der Waals surface area contributed by atoms with Crippen LogP contribution in [0.2, 0.25) is 12.1 Å². The summed E-state index contributed by atoms with van der Waals surface area (Å²) >= 11 is 0. The minimum atomic E-state index is -7.41. The van der Waals surface area contributed by atoms with E-state index in [1.165, 1.54) is 10.6 Å². The zero-order chi connectivity index (χ0) is 72.0. The van der Waals surface area contributed by atoms with Crippen molar-refractivity contribution in [3.05, 3.63) is 0 Å². The summed E-state index contributed by atoms with van der Waals surface area (Å²) < 4.78 is 282. The molecule has 0 saturated carbocycles. The summed E-state index contributed by atoms with van der Waals surface area (Å²) in [6.45, 7) is -3.02. The van der Waals surface area contributed by atoms with Crippen molar-refractivity contribution in [1.82, 2.24) is 10.6 Å². The van der Waals surface area contributed by atoms with E-state index in [0.717, 1.165) is 0 Å². The van der Waals surface area contributed by atoms with Gasteiger partial charge in [-0.1, -0.05) is 0 Å². The SMILES string of the molecule is O=C(NCCC[Si](OP(=O)(O)OP(=O)(O)OP(=O)(O)O)(OP(=O)(O)OP(=O)(O)OP(=O)(O)O)OP(=O)(O)OP(=O)(O)OP(=O)(O)O)NCCC[Si](OP(=O)(O)OP(=O)(O)OP(=O)(O)O)(OP(=O)(O)OP(=O)(O)OP(=O)(O)O)OP(=O)(O)OP(=O)(O)OP(=O)(O)O. The normalized spacial score (nSPS) is 22.9. The fourth-order valence-electron chi connectivity index (χ4n) is 4.28. The maximum absolute atomic E-state index is 13.0. The molecule has 0 aromatic heterocycles. The lowest BCUT2D eigenvalue weighted by Crippen LogP contribution is -2.45. The van der Waals surface area contributed by atoms with Gasteiger partial charge >= 0.3 is 164 Å². The Kier molecular flexibility index (Phi) is 33.2. The molecule has 0 radical (unpaired) electrons. The fraction of sp³-hybridized carbons (Fsp3) is 0.857. The summed E-state index contributed by atoms with van der Waals surface area (Å²) in [7, 11) is -139. The van der Waals surface area contributed by atoms with E-state index in [4.69, 9.17) is 58.7 Å². The Labute approximate surface area is 493 Å². The van der Waals surface area contributed by atoms with E-state index in [-0.39, 0.29) is 0 Å². The Morgan fingerprint density at radius 1 is 0.233 bits per heavy atom. The Balaban J connectivity index is 7.90. The number of carbonyl (C=O) groups excluding carboxylic acids is 1. The minimum Gasteiger partial charge on any atom is -0.338 e. The number of hydrogen-bond donors (Lipinski definition) is 26. The van der Waals surface area contributed by atoms with Gasteiger partial charge in [-0.05, 0) is 12.8 Å². The van der Waals surface area contributed by atoms with Crippen molar-refractivity contribution in [2.45, 2.75) is 24.9 Å². The third-order valence-corrected chi connectivity index (χ3v) is 40.0. The van der Waals surface area contributed by atoms with Crippen LogP contribution in [-0.4, -0.2) is 154 Å². The van der Waals surface area contributed by atoms with Gasteiger partial charge in [0.1, 0.15) is 0 Å². The molecule has 2 amide bonds. The van der Waals surface area contributed by atoms with Crippen LogP contribution in [0.3, 0.4) is 0 Å². The highest BCUT2D eigenvalue weighted by Crippen LogP contribution is 2.76. The second-order valence-electron chi connectivity index (χ2n) is 13.8. The molecule has 83 heteroatoms. The molecule has 0 spiro atoms. The Morgan fingerprint density at radius 3 is 0.489 bits per heavy atom. The zero-order valence-electron chi connectivity index (χ0n) is 40.6. The van der Waals surface area contributed by atoms with E-state index < -0.39 is 202 Å². The molecule has 0 aliphatic rings. The van der Waals surface area contributed by atoms with Crippen molar-refractivity contribution in [1.29, 1.82) is 0 Å². The monoisotopic (exact) mass is 1740 g/mol. The number of hydrogen-bond acceptors (Lipinski definition) is 37. The van der Waals surface area contributed by atoms with E-state index in [1.807, 2.05) is 0 Å². The van der Waals surface area contributed by atoms with Crippen molar-refractivity contribution in [2.75, 3.05) is 13.1 Å². The summed E-state index contributed by atoms with van der Waals surface area (Å²) in [4.78, 5) is 238. The molecule has 0 heterocycles. The lowest BCUT2D eigenvalue weighted by molar-refractivity contribution is 0.135. The predicted molar refractivity (Wildman–Crippen MR) is 261 cm³/mol. The maximum atomic E-state index is 13.0. The molecule has 0 aliphatic heterocycles. The van der Waals surface area contributed by atoms with Crippen molar-refractivity contribution >= 4 is 164 Å². The highest BCUT2D eigenvalue weighted by molar-refractivity contribution is 7.71. The van der Waals surface area contributed by atoms with Crippen LogP contribution < -0.4 is 10.6 Å². The molecule has 540 valence electrons. The number of phosphoric acid groups is 18. The first-order chi connectivity index (χ1) is 38.8. The Bertz CT molecular complexity index is 2920. The number of rotatable bonds is 44. The smallest absolute Gasteiger partial charge is 0.338 e. The van der Waals surface area contributed by atoms with Gasteiger partial charge in [-0.3, -0.25) is 25.3 Å². The molecule has 26 N–H and O–H groups in total. The molecular formula is C7H38N2O61P18Si2. The molecule has 12 atom stereocenters. The molecule has 63 nitrogen and oxygen atoms in total. The second kappa shape index (κ2) is 32.4. The van der Waals surface area contributed by atoms with E-state index in [2.05, 4.69) is 77.0 Å². The lowest BCUT2D eigenvalue weighted by Gasteiger charge is -2.32. The Morgan fingerprint density at radius 2 is 0.367 bits per heavy atom. The molecule has 0 aromatic carbocycles. The van der Waals surface area contributed by atoms with Gasteiger partial charge in [-0.2, -0.15) is 51.7 Å². The third kappa shape index (κ3) is 45.0.